The topological polar surface area (TPSA) is 30.2 Å². The van der Waals surface area contributed by atoms with E-state index in [1.807, 2.05) is 19.9 Å². The predicted octanol–water partition coefficient (Wildman–Crippen LogP) is 2.95. The van der Waals surface area contributed by atoms with E-state index in [9.17, 15) is 0 Å². The zero-order valence-corrected chi connectivity index (χ0v) is 9.97. The predicted molar refractivity (Wildman–Crippen MR) is 61.5 cm³/mol. The first-order valence-corrected chi connectivity index (χ1v) is 5.52. The van der Waals surface area contributed by atoms with E-state index in [-0.39, 0.29) is 0 Å². The summed E-state index contributed by atoms with van der Waals surface area (Å²) in [7, 11) is 0. The summed E-state index contributed by atoms with van der Waals surface area (Å²) in [5.41, 5.74) is 4.01. The molecule has 0 radical (unpaired) electrons. The summed E-state index contributed by atoms with van der Waals surface area (Å²) >= 11 is 6.14. The Morgan fingerprint density at radius 3 is 2.80 bits per heavy atom. The van der Waals surface area contributed by atoms with Gasteiger partial charge in [0.2, 0.25) is 0 Å². The van der Waals surface area contributed by atoms with E-state index < -0.39 is 0 Å². The van der Waals surface area contributed by atoms with Gasteiger partial charge < -0.3 is 0 Å². The van der Waals surface area contributed by atoms with Crippen LogP contribution in [0.5, 0.6) is 0 Å². The van der Waals surface area contributed by atoms with Crippen LogP contribution in [0.2, 0.25) is 5.15 Å². The molecule has 80 valence electrons. The number of halogens is 1. The van der Waals surface area contributed by atoms with Gasteiger partial charge in [-0.2, -0.15) is 5.10 Å². The SMILES string of the molecule is CCCc1cc(Cl)n2nc(C)c(C)c2n1. The normalized spacial score (nSPS) is 11.2. The minimum absolute atomic E-state index is 0.639. The third-order valence-electron chi connectivity index (χ3n) is 2.57. The third kappa shape index (κ3) is 1.72. The highest BCUT2D eigenvalue weighted by molar-refractivity contribution is 6.29. The number of aromatic nitrogens is 3. The standard InChI is InChI=1S/C11H14ClN3/c1-4-5-9-6-10(12)15-11(13-9)7(2)8(3)14-15/h6H,4-5H2,1-3H3. The maximum Gasteiger partial charge on any atom is 0.160 e. The second-order valence-electron chi connectivity index (χ2n) is 3.77. The molecule has 0 amide bonds. The lowest BCUT2D eigenvalue weighted by molar-refractivity contribution is 0.854. The lowest BCUT2D eigenvalue weighted by Gasteiger charge is -2.01. The van der Waals surface area contributed by atoms with E-state index in [4.69, 9.17) is 11.6 Å². The average molecular weight is 224 g/mol. The summed E-state index contributed by atoms with van der Waals surface area (Å²) in [6.45, 7) is 6.13. The molecule has 0 spiro atoms. The van der Waals surface area contributed by atoms with Crippen molar-refractivity contribution >= 4 is 17.2 Å². The maximum absolute atomic E-state index is 6.14. The first-order valence-electron chi connectivity index (χ1n) is 5.15. The molecule has 0 saturated carbocycles. The van der Waals surface area contributed by atoms with Crippen LogP contribution in [0.25, 0.3) is 5.65 Å². The molecule has 0 atom stereocenters. The van der Waals surface area contributed by atoms with E-state index in [0.717, 1.165) is 35.4 Å². The highest BCUT2D eigenvalue weighted by Gasteiger charge is 2.10. The Morgan fingerprint density at radius 1 is 1.40 bits per heavy atom. The van der Waals surface area contributed by atoms with Crippen LogP contribution in [-0.2, 0) is 6.42 Å². The van der Waals surface area contributed by atoms with E-state index in [1.165, 1.54) is 0 Å². The van der Waals surface area contributed by atoms with Crippen molar-refractivity contribution in [2.75, 3.05) is 0 Å². The second kappa shape index (κ2) is 3.81. The number of fused-ring (bicyclic) bond motifs is 1. The molecule has 4 heteroatoms. The van der Waals surface area contributed by atoms with Gasteiger partial charge in [0.25, 0.3) is 0 Å². The van der Waals surface area contributed by atoms with Gasteiger partial charge in [0.1, 0.15) is 5.15 Å². The number of hydrogen-bond donors (Lipinski definition) is 0. The fourth-order valence-electron chi connectivity index (χ4n) is 1.62. The Hall–Kier alpha value is -1.09. The smallest absolute Gasteiger partial charge is 0.160 e. The van der Waals surface area contributed by atoms with Crippen molar-refractivity contribution in [1.29, 1.82) is 0 Å². The molecular weight excluding hydrogens is 210 g/mol. The summed E-state index contributed by atoms with van der Waals surface area (Å²) in [5.74, 6) is 0. The van der Waals surface area contributed by atoms with E-state index in [0.29, 0.717) is 5.15 Å². The highest BCUT2D eigenvalue weighted by atomic mass is 35.5. The van der Waals surface area contributed by atoms with Crippen LogP contribution in [0.4, 0.5) is 0 Å². The van der Waals surface area contributed by atoms with Crippen molar-refractivity contribution in [3.05, 3.63) is 28.2 Å². The number of hydrogen-bond acceptors (Lipinski definition) is 2. The van der Waals surface area contributed by atoms with Crippen molar-refractivity contribution in [3.8, 4) is 0 Å². The fourth-order valence-corrected chi connectivity index (χ4v) is 1.87. The number of nitrogens with zero attached hydrogens (tertiary/aromatic N) is 3. The molecule has 0 aromatic carbocycles. The largest absolute Gasteiger partial charge is 0.233 e. The molecule has 2 heterocycles. The minimum Gasteiger partial charge on any atom is -0.233 e. The van der Waals surface area contributed by atoms with Crippen molar-refractivity contribution in [2.24, 2.45) is 0 Å². The van der Waals surface area contributed by atoms with Crippen molar-refractivity contribution in [3.63, 3.8) is 0 Å². The fraction of sp³-hybridized carbons (Fsp3) is 0.455. The van der Waals surface area contributed by atoms with Crippen molar-refractivity contribution < 1.29 is 0 Å². The molecule has 0 bridgehead atoms. The Morgan fingerprint density at radius 2 is 2.13 bits per heavy atom. The summed E-state index contributed by atoms with van der Waals surface area (Å²) in [5, 5.41) is 4.97. The number of rotatable bonds is 2. The van der Waals surface area contributed by atoms with Crippen LogP contribution in [0.15, 0.2) is 6.07 Å². The average Bonchev–Trinajstić information content (AvgIpc) is 2.46. The monoisotopic (exact) mass is 223 g/mol. The molecule has 15 heavy (non-hydrogen) atoms. The first-order chi connectivity index (χ1) is 7.13. The molecule has 2 aromatic rings. The van der Waals surface area contributed by atoms with Crippen LogP contribution >= 0.6 is 11.6 Å². The second-order valence-corrected chi connectivity index (χ2v) is 4.15. The lowest BCUT2D eigenvalue weighted by Crippen LogP contribution is -1.97. The quantitative estimate of drug-likeness (QED) is 0.733. The third-order valence-corrected chi connectivity index (χ3v) is 2.84. The molecule has 2 rings (SSSR count). The Kier molecular flexibility index (Phi) is 2.65. The van der Waals surface area contributed by atoms with Gasteiger partial charge in [-0.1, -0.05) is 24.9 Å². The summed E-state index contributed by atoms with van der Waals surface area (Å²) in [6.07, 6.45) is 2.03. The van der Waals surface area contributed by atoms with E-state index in [2.05, 4.69) is 17.0 Å². The molecule has 0 unspecified atom stereocenters. The van der Waals surface area contributed by atoms with Gasteiger partial charge in [-0.25, -0.2) is 9.50 Å². The molecule has 0 fully saturated rings. The molecular formula is C11H14ClN3. The van der Waals surface area contributed by atoms with E-state index in [1.54, 1.807) is 4.52 Å². The number of aryl methyl sites for hydroxylation is 3. The summed E-state index contributed by atoms with van der Waals surface area (Å²) in [4.78, 5) is 4.56. The van der Waals surface area contributed by atoms with Gasteiger partial charge in [0.05, 0.1) is 5.69 Å². The van der Waals surface area contributed by atoms with Gasteiger partial charge in [-0.3, -0.25) is 0 Å². The molecule has 0 N–H and O–H groups in total. The van der Waals surface area contributed by atoms with Crippen LogP contribution in [0.3, 0.4) is 0 Å². The van der Waals surface area contributed by atoms with Gasteiger partial charge in [-0.15, -0.1) is 0 Å². The van der Waals surface area contributed by atoms with Gasteiger partial charge in [-0.05, 0) is 26.3 Å². The molecule has 0 aliphatic carbocycles. The zero-order valence-electron chi connectivity index (χ0n) is 9.21. The summed E-state index contributed by atoms with van der Waals surface area (Å²) < 4.78 is 1.70. The molecule has 0 aliphatic heterocycles. The van der Waals surface area contributed by atoms with Crippen molar-refractivity contribution in [1.82, 2.24) is 14.6 Å². The van der Waals surface area contributed by atoms with Crippen LogP contribution in [-0.4, -0.2) is 14.6 Å². The van der Waals surface area contributed by atoms with E-state index >= 15 is 0 Å². The Balaban J connectivity index is 2.68. The zero-order chi connectivity index (χ0) is 11.0. The van der Waals surface area contributed by atoms with Crippen LogP contribution in [0.1, 0.15) is 30.3 Å². The Bertz CT molecular complexity index is 502. The van der Waals surface area contributed by atoms with Crippen molar-refractivity contribution in [2.45, 2.75) is 33.6 Å². The van der Waals surface area contributed by atoms with Gasteiger partial charge in [0, 0.05) is 11.3 Å². The van der Waals surface area contributed by atoms with Crippen LogP contribution in [0, 0.1) is 13.8 Å². The highest BCUT2D eigenvalue weighted by Crippen LogP contribution is 2.18. The molecule has 0 saturated heterocycles. The molecule has 3 nitrogen and oxygen atoms in total. The molecule has 2 aromatic heterocycles. The molecule has 0 aliphatic rings. The Labute approximate surface area is 94.1 Å². The summed E-state index contributed by atoms with van der Waals surface area (Å²) in [6, 6.07) is 1.89. The maximum atomic E-state index is 6.14. The lowest BCUT2D eigenvalue weighted by atomic mass is 10.2. The van der Waals surface area contributed by atoms with Gasteiger partial charge >= 0.3 is 0 Å². The van der Waals surface area contributed by atoms with Crippen LogP contribution < -0.4 is 0 Å². The first kappa shape index (κ1) is 10.4. The van der Waals surface area contributed by atoms with Gasteiger partial charge in [0.15, 0.2) is 5.65 Å². The minimum atomic E-state index is 0.639.